The predicted octanol–water partition coefficient (Wildman–Crippen LogP) is 2.38. The van der Waals surface area contributed by atoms with Crippen LogP contribution in [-0.2, 0) is 4.74 Å². The standard InChI is InChI=1S/C17H23ClN2O2/c1-3-19(2)10-17-11-20(8-14(17)9-22-12-17)16(21)13-5-4-6-15(18)7-13/h4-7,14H,3,8-12H2,1-2H3/t14-,17+/m1/s1. The fraction of sp³-hybridized carbons (Fsp3) is 0.588. The van der Waals surface area contributed by atoms with Crippen molar-refractivity contribution in [3.05, 3.63) is 34.9 Å². The first-order chi connectivity index (χ1) is 10.5. The highest BCUT2D eigenvalue weighted by Crippen LogP contribution is 2.42. The molecule has 5 heteroatoms. The van der Waals surface area contributed by atoms with E-state index < -0.39 is 0 Å². The number of likely N-dealkylation sites (tertiary alicyclic amines) is 1. The zero-order valence-electron chi connectivity index (χ0n) is 13.2. The van der Waals surface area contributed by atoms with E-state index in [1.807, 2.05) is 17.0 Å². The second kappa shape index (κ2) is 6.19. The van der Waals surface area contributed by atoms with Gasteiger partial charge in [0.05, 0.1) is 13.2 Å². The Hall–Kier alpha value is -1.10. The van der Waals surface area contributed by atoms with Gasteiger partial charge in [-0.1, -0.05) is 24.6 Å². The molecule has 0 N–H and O–H groups in total. The Morgan fingerprint density at radius 3 is 3.09 bits per heavy atom. The van der Waals surface area contributed by atoms with E-state index >= 15 is 0 Å². The van der Waals surface area contributed by atoms with E-state index in [0.29, 0.717) is 16.5 Å². The molecule has 0 aromatic heterocycles. The number of ether oxygens (including phenoxy) is 1. The third-order valence-corrected chi connectivity index (χ3v) is 5.24. The van der Waals surface area contributed by atoms with Crippen LogP contribution in [0.4, 0.5) is 0 Å². The van der Waals surface area contributed by atoms with Crippen molar-refractivity contribution in [2.45, 2.75) is 6.92 Å². The maximum atomic E-state index is 12.7. The molecule has 4 nitrogen and oxygen atoms in total. The highest BCUT2D eigenvalue weighted by atomic mass is 35.5. The molecule has 22 heavy (non-hydrogen) atoms. The number of amides is 1. The van der Waals surface area contributed by atoms with Crippen LogP contribution in [0.25, 0.3) is 0 Å². The van der Waals surface area contributed by atoms with Crippen LogP contribution >= 0.6 is 11.6 Å². The van der Waals surface area contributed by atoms with E-state index in [2.05, 4.69) is 18.9 Å². The summed E-state index contributed by atoms with van der Waals surface area (Å²) in [4.78, 5) is 17.0. The molecule has 2 aliphatic heterocycles. The lowest BCUT2D eigenvalue weighted by Gasteiger charge is -2.31. The van der Waals surface area contributed by atoms with Crippen molar-refractivity contribution in [2.24, 2.45) is 11.3 Å². The average Bonchev–Trinajstić information content (AvgIpc) is 3.02. The number of hydrogen-bond acceptors (Lipinski definition) is 3. The van der Waals surface area contributed by atoms with Gasteiger partial charge >= 0.3 is 0 Å². The van der Waals surface area contributed by atoms with Gasteiger partial charge in [0.1, 0.15) is 0 Å². The topological polar surface area (TPSA) is 32.8 Å². The molecule has 120 valence electrons. The SMILES string of the molecule is CCN(C)C[C@]12COC[C@H]1CN(C(=O)c1cccc(Cl)c1)C2. The summed E-state index contributed by atoms with van der Waals surface area (Å²) < 4.78 is 5.73. The third kappa shape index (κ3) is 2.87. The Balaban J connectivity index is 1.76. The fourth-order valence-corrected chi connectivity index (χ4v) is 3.85. The molecule has 2 fully saturated rings. The normalized spacial score (nSPS) is 27.5. The molecule has 0 radical (unpaired) electrons. The van der Waals surface area contributed by atoms with Gasteiger partial charge in [0.25, 0.3) is 5.91 Å². The van der Waals surface area contributed by atoms with Gasteiger partial charge in [-0.25, -0.2) is 0 Å². The summed E-state index contributed by atoms with van der Waals surface area (Å²) in [5.41, 5.74) is 0.756. The van der Waals surface area contributed by atoms with Crippen LogP contribution in [0.1, 0.15) is 17.3 Å². The monoisotopic (exact) mass is 322 g/mol. The smallest absolute Gasteiger partial charge is 0.253 e. The first-order valence-corrected chi connectivity index (χ1v) is 8.23. The molecule has 0 aliphatic carbocycles. The predicted molar refractivity (Wildman–Crippen MR) is 87.3 cm³/mol. The van der Waals surface area contributed by atoms with E-state index in [-0.39, 0.29) is 11.3 Å². The fourth-order valence-electron chi connectivity index (χ4n) is 3.66. The minimum absolute atomic E-state index is 0.0791. The van der Waals surface area contributed by atoms with E-state index in [9.17, 15) is 4.79 Å². The zero-order chi connectivity index (χ0) is 15.7. The first kappa shape index (κ1) is 15.8. The van der Waals surface area contributed by atoms with Crippen LogP contribution < -0.4 is 0 Å². The van der Waals surface area contributed by atoms with Crippen molar-refractivity contribution in [1.29, 1.82) is 0 Å². The Bertz CT molecular complexity index is 565. The summed E-state index contributed by atoms with van der Waals surface area (Å²) in [6.45, 7) is 7.21. The molecule has 2 saturated heterocycles. The average molecular weight is 323 g/mol. The summed E-state index contributed by atoms with van der Waals surface area (Å²) in [5, 5.41) is 0.606. The Morgan fingerprint density at radius 1 is 1.55 bits per heavy atom. The maximum Gasteiger partial charge on any atom is 0.253 e. The molecule has 2 aliphatic rings. The molecular weight excluding hydrogens is 300 g/mol. The van der Waals surface area contributed by atoms with Gasteiger partial charge in [-0.3, -0.25) is 4.79 Å². The number of benzene rings is 1. The van der Waals surface area contributed by atoms with E-state index in [1.165, 1.54) is 0 Å². The molecule has 3 rings (SSSR count). The molecule has 1 aromatic rings. The Labute approximate surface area is 137 Å². The zero-order valence-corrected chi connectivity index (χ0v) is 14.0. The number of nitrogens with zero attached hydrogens (tertiary/aromatic N) is 2. The van der Waals surface area contributed by atoms with Gasteiger partial charge in [0.15, 0.2) is 0 Å². The number of rotatable bonds is 4. The molecule has 0 bridgehead atoms. The number of fused-ring (bicyclic) bond motifs is 1. The Morgan fingerprint density at radius 2 is 2.36 bits per heavy atom. The lowest BCUT2D eigenvalue weighted by Crippen LogP contribution is -2.42. The van der Waals surface area contributed by atoms with Crippen LogP contribution in [0.15, 0.2) is 24.3 Å². The van der Waals surface area contributed by atoms with Gasteiger partial charge in [-0.15, -0.1) is 0 Å². The lowest BCUT2D eigenvalue weighted by atomic mass is 9.80. The van der Waals surface area contributed by atoms with Crippen LogP contribution in [0.2, 0.25) is 5.02 Å². The van der Waals surface area contributed by atoms with E-state index in [4.69, 9.17) is 16.3 Å². The second-order valence-corrected chi connectivity index (χ2v) is 7.04. The number of hydrogen-bond donors (Lipinski definition) is 0. The number of carbonyl (C=O) groups excluding carboxylic acids is 1. The van der Waals surface area contributed by atoms with Gasteiger partial charge in [-0.05, 0) is 31.8 Å². The van der Waals surface area contributed by atoms with Gasteiger partial charge in [-0.2, -0.15) is 0 Å². The van der Waals surface area contributed by atoms with Gasteiger partial charge in [0.2, 0.25) is 0 Å². The highest BCUT2D eigenvalue weighted by molar-refractivity contribution is 6.30. The summed E-state index contributed by atoms with van der Waals surface area (Å²) in [7, 11) is 2.13. The minimum Gasteiger partial charge on any atom is -0.380 e. The van der Waals surface area contributed by atoms with Crippen molar-refractivity contribution in [3.63, 3.8) is 0 Å². The van der Waals surface area contributed by atoms with Crippen molar-refractivity contribution < 1.29 is 9.53 Å². The van der Waals surface area contributed by atoms with E-state index in [0.717, 1.165) is 39.4 Å². The molecule has 2 heterocycles. The molecule has 0 unspecified atom stereocenters. The Kier molecular flexibility index (Phi) is 4.44. The number of carbonyl (C=O) groups is 1. The number of halogens is 1. The van der Waals surface area contributed by atoms with Crippen molar-refractivity contribution in [2.75, 3.05) is 46.4 Å². The molecular formula is C17H23ClN2O2. The molecule has 1 aromatic carbocycles. The lowest BCUT2D eigenvalue weighted by molar-refractivity contribution is 0.0690. The summed E-state index contributed by atoms with van der Waals surface area (Å²) in [6.07, 6.45) is 0. The summed E-state index contributed by atoms with van der Waals surface area (Å²) >= 11 is 6.01. The highest BCUT2D eigenvalue weighted by Gasteiger charge is 2.52. The van der Waals surface area contributed by atoms with Crippen LogP contribution in [0, 0.1) is 11.3 Å². The molecule has 2 atom stereocenters. The van der Waals surface area contributed by atoms with Crippen LogP contribution in [0.5, 0.6) is 0 Å². The maximum absolute atomic E-state index is 12.7. The van der Waals surface area contributed by atoms with Crippen LogP contribution in [-0.4, -0.2) is 62.1 Å². The van der Waals surface area contributed by atoms with Crippen molar-refractivity contribution >= 4 is 17.5 Å². The van der Waals surface area contributed by atoms with Gasteiger partial charge < -0.3 is 14.5 Å². The van der Waals surface area contributed by atoms with Crippen molar-refractivity contribution in [3.8, 4) is 0 Å². The van der Waals surface area contributed by atoms with E-state index in [1.54, 1.807) is 12.1 Å². The summed E-state index contributed by atoms with van der Waals surface area (Å²) in [6, 6.07) is 7.21. The first-order valence-electron chi connectivity index (χ1n) is 7.85. The minimum atomic E-state index is 0.0791. The molecule has 1 amide bonds. The quantitative estimate of drug-likeness (QED) is 0.853. The molecule has 0 saturated carbocycles. The third-order valence-electron chi connectivity index (χ3n) is 5.00. The van der Waals surface area contributed by atoms with Gasteiger partial charge in [0, 0.05) is 41.6 Å². The summed E-state index contributed by atoms with van der Waals surface area (Å²) in [5.74, 6) is 0.514. The molecule has 0 spiro atoms. The van der Waals surface area contributed by atoms with Crippen LogP contribution in [0.3, 0.4) is 0 Å². The van der Waals surface area contributed by atoms with Crippen molar-refractivity contribution in [1.82, 2.24) is 9.80 Å². The second-order valence-electron chi connectivity index (χ2n) is 6.60. The largest absolute Gasteiger partial charge is 0.380 e.